The van der Waals surface area contributed by atoms with Crippen LogP contribution >= 0.6 is 0 Å². The number of hydrogen-bond acceptors (Lipinski definition) is 4. The van der Waals surface area contributed by atoms with Crippen LogP contribution in [0.5, 0.6) is 11.5 Å². The van der Waals surface area contributed by atoms with E-state index in [-0.39, 0.29) is 6.42 Å². The Labute approximate surface area is 187 Å². The molecule has 6 heteroatoms. The molecule has 0 aliphatic carbocycles. The Morgan fingerprint density at radius 2 is 1.50 bits per heavy atom. The number of carboxylic acids is 1. The van der Waals surface area contributed by atoms with E-state index in [0.717, 1.165) is 11.1 Å². The molecule has 164 valence electrons. The number of rotatable bonds is 11. The second-order valence-electron chi connectivity index (χ2n) is 7.11. The van der Waals surface area contributed by atoms with Gasteiger partial charge in [0.2, 0.25) is 0 Å². The molecule has 0 heterocycles. The maximum absolute atomic E-state index is 12.5. The van der Waals surface area contributed by atoms with Crippen molar-refractivity contribution in [2.24, 2.45) is 0 Å². The third kappa shape index (κ3) is 6.74. The van der Waals surface area contributed by atoms with E-state index < -0.39 is 17.9 Å². The molecule has 0 radical (unpaired) electrons. The van der Waals surface area contributed by atoms with Crippen LogP contribution in [0.25, 0.3) is 0 Å². The van der Waals surface area contributed by atoms with Crippen LogP contribution in [0, 0.1) is 0 Å². The molecule has 2 N–H and O–H groups in total. The summed E-state index contributed by atoms with van der Waals surface area (Å²) in [6.07, 6.45) is 1.78. The lowest BCUT2D eigenvalue weighted by Crippen LogP contribution is -2.42. The highest BCUT2D eigenvalue weighted by Crippen LogP contribution is 2.16. The number of carbonyl (C=O) groups excluding carboxylic acids is 1. The molecule has 0 aliphatic rings. The Balaban J connectivity index is 1.56. The van der Waals surface area contributed by atoms with Gasteiger partial charge in [0.1, 0.15) is 30.8 Å². The predicted molar refractivity (Wildman–Crippen MR) is 122 cm³/mol. The molecule has 0 spiro atoms. The van der Waals surface area contributed by atoms with Gasteiger partial charge < -0.3 is 19.9 Å². The lowest BCUT2D eigenvalue weighted by molar-refractivity contribution is -0.139. The summed E-state index contributed by atoms with van der Waals surface area (Å²) in [7, 11) is 0. The van der Waals surface area contributed by atoms with Gasteiger partial charge in [0.05, 0.1) is 0 Å². The number of benzene rings is 3. The highest BCUT2D eigenvalue weighted by Gasteiger charge is 2.21. The van der Waals surface area contributed by atoms with Crippen molar-refractivity contribution in [3.8, 4) is 11.5 Å². The van der Waals surface area contributed by atoms with Gasteiger partial charge in [0, 0.05) is 12.0 Å². The molecule has 6 nitrogen and oxygen atoms in total. The average molecular weight is 431 g/mol. The van der Waals surface area contributed by atoms with Crippen LogP contribution in [0.4, 0.5) is 0 Å². The van der Waals surface area contributed by atoms with E-state index in [4.69, 9.17) is 9.47 Å². The molecule has 0 saturated heterocycles. The van der Waals surface area contributed by atoms with Crippen LogP contribution in [0.15, 0.2) is 91.5 Å². The fraction of sp³-hybridized carbons (Fsp3) is 0.154. The number of hydrogen-bond donors (Lipinski definition) is 2. The molecule has 0 aliphatic heterocycles. The summed E-state index contributed by atoms with van der Waals surface area (Å²) in [6.45, 7) is 4.39. The standard InChI is InChI=1S/C26H25NO5/c1-2-16-31-22-14-10-21(11-15-22)25(28)27-24(26(29)30)17-19-8-12-23(13-9-19)32-18-20-6-4-3-5-7-20/h2-15,24H,1,16-18H2,(H,27,28)(H,29,30). The first-order valence-corrected chi connectivity index (χ1v) is 10.2. The summed E-state index contributed by atoms with van der Waals surface area (Å²) < 4.78 is 11.1. The summed E-state index contributed by atoms with van der Waals surface area (Å²) >= 11 is 0. The van der Waals surface area contributed by atoms with Gasteiger partial charge >= 0.3 is 5.97 Å². The fourth-order valence-corrected chi connectivity index (χ4v) is 3.00. The van der Waals surface area contributed by atoms with E-state index in [9.17, 15) is 14.7 Å². The van der Waals surface area contributed by atoms with Crippen LogP contribution in [-0.2, 0) is 17.8 Å². The van der Waals surface area contributed by atoms with Crippen molar-refractivity contribution < 1.29 is 24.2 Å². The van der Waals surface area contributed by atoms with Gasteiger partial charge in [-0.15, -0.1) is 0 Å². The quantitative estimate of drug-likeness (QED) is 0.443. The van der Waals surface area contributed by atoms with Gasteiger partial charge in [0.25, 0.3) is 5.91 Å². The topological polar surface area (TPSA) is 84.9 Å². The van der Waals surface area contributed by atoms with Crippen molar-refractivity contribution in [3.05, 3.63) is 108 Å². The van der Waals surface area contributed by atoms with Crippen LogP contribution < -0.4 is 14.8 Å². The zero-order chi connectivity index (χ0) is 22.8. The number of ether oxygens (including phenoxy) is 2. The smallest absolute Gasteiger partial charge is 0.326 e. The normalized spacial score (nSPS) is 11.2. The largest absolute Gasteiger partial charge is 0.490 e. The molecule has 0 bridgehead atoms. The Kier molecular flexibility index (Phi) is 8.03. The average Bonchev–Trinajstić information content (AvgIpc) is 2.82. The Morgan fingerprint density at radius 1 is 0.875 bits per heavy atom. The minimum Gasteiger partial charge on any atom is -0.490 e. The first-order chi connectivity index (χ1) is 15.5. The number of carbonyl (C=O) groups is 2. The molecule has 1 atom stereocenters. The summed E-state index contributed by atoms with van der Waals surface area (Å²) in [4.78, 5) is 24.2. The molecule has 0 saturated carbocycles. The van der Waals surface area contributed by atoms with Gasteiger partial charge in [-0.1, -0.05) is 55.1 Å². The lowest BCUT2D eigenvalue weighted by atomic mass is 10.1. The minimum absolute atomic E-state index is 0.153. The summed E-state index contributed by atoms with van der Waals surface area (Å²) in [5.74, 6) is -0.276. The Bertz CT molecular complexity index is 1030. The molecule has 0 aromatic heterocycles. The molecule has 3 rings (SSSR count). The van der Waals surface area contributed by atoms with Crippen LogP contribution in [0.3, 0.4) is 0 Å². The molecule has 1 unspecified atom stereocenters. The summed E-state index contributed by atoms with van der Waals surface area (Å²) in [5, 5.41) is 12.1. The molecule has 32 heavy (non-hydrogen) atoms. The maximum atomic E-state index is 12.5. The van der Waals surface area contributed by atoms with Gasteiger partial charge in [-0.25, -0.2) is 4.79 Å². The van der Waals surface area contributed by atoms with E-state index >= 15 is 0 Å². The molecule has 3 aromatic carbocycles. The molecule has 1 amide bonds. The first kappa shape index (κ1) is 22.6. The van der Waals surface area contributed by atoms with Crippen molar-refractivity contribution in [1.82, 2.24) is 5.32 Å². The third-order valence-corrected chi connectivity index (χ3v) is 4.70. The number of nitrogens with one attached hydrogen (secondary N) is 1. The molecular weight excluding hydrogens is 406 g/mol. The van der Waals surface area contributed by atoms with Crippen molar-refractivity contribution in [2.45, 2.75) is 19.1 Å². The summed E-state index contributed by atoms with van der Waals surface area (Å²) in [6, 6.07) is 22.4. The van der Waals surface area contributed by atoms with Gasteiger partial charge in [0.15, 0.2) is 0 Å². The monoisotopic (exact) mass is 431 g/mol. The highest BCUT2D eigenvalue weighted by atomic mass is 16.5. The van der Waals surface area contributed by atoms with E-state index in [1.807, 2.05) is 30.3 Å². The van der Waals surface area contributed by atoms with Gasteiger partial charge in [-0.2, -0.15) is 0 Å². The van der Waals surface area contributed by atoms with Crippen LogP contribution in [0.2, 0.25) is 0 Å². The first-order valence-electron chi connectivity index (χ1n) is 10.2. The SMILES string of the molecule is C=CCOc1ccc(C(=O)NC(Cc2ccc(OCc3ccccc3)cc2)C(=O)O)cc1. The zero-order valence-corrected chi connectivity index (χ0v) is 17.6. The fourth-order valence-electron chi connectivity index (χ4n) is 3.00. The van der Waals surface area contributed by atoms with Gasteiger partial charge in [-0.3, -0.25) is 4.79 Å². The maximum Gasteiger partial charge on any atom is 0.326 e. The predicted octanol–water partition coefficient (Wildman–Crippen LogP) is 4.26. The van der Waals surface area contributed by atoms with Crippen molar-refractivity contribution >= 4 is 11.9 Å². The van der Waals surface area contributed by atoms with Crippen molar-refractivity contribution in [2.75, 3.05) is 6.61 Å². The van der Waals surface area contributed by atoms with Crippen molar-refractivity contribution in [3.63, 3.8) is 0 Å². The summed E-state index contributed by atoms with van der Waals surface area (Å²) in [5.41, 5.74) is 2.19. The third-order valence-electron chi connectivity index (χ3n) is 4.70. The second kappa shape index (κ2) is 11.4. The molecular formula is C26H25NO5. The van der Waals surface area contributed by atoms with Crippen LogP contribution in [0.1, 0.15) is 21.5 Å². The highest BCUT2D eigenvalue weighted by molar-refractivity contribution is 5.96. The van der Waals surface area contributed by atoms with Gasteiger partial charge in [-0.05, 0) is 47.5 Å². The Morgan fingerprint density at radius 3 is 2.12 bits per heavy atom. The zero-order valence-electron chi connectivity index (χ0n) is 17.6. The van der Waals surface area contributed by atoms with Crippen molar-refractivity contribution in [1.29, 1.82) is 0 Å². The van der Waals surface area contributed by atoms with E-state index in [0.29, 0.717) is 30.3 Å². The van der Waals surface area contributed by atoms with E-state index in [1.54, 1.807) is 54.6 Å². The van der Waals surface area contributed by atoms with E-state index in [2.05, 4.69) is 11.9 Å². The lowest BCUT2D eigenvalue weighted by Gasteiger charge is -2.15. The van der Waals surface area contributed by atoms with E-state index in [1.165, 1.54) is 0 Å². The molecule has 3 aromatic rings. The minimum atomic E-state index is -1.10. The second-order valence-corrected chi connectivity index (χ2v) is 7.11. The van der Waals surface area contributed by atoms with Crippen LogP contribution in [-0.4, -0.2) is 29.6 Å². The number of carboxylic acid groups (broad SMARTS) is 1. The number of amides is 1. The number of aliphatic carboxylic acids is 1. The molecule has 0 fully saturated rings. The Hall–Kier alpha value is -4.06.